The van der Waals surface area contributed by atoms with Crippen LogP contribution in [0.4, 0.5) is 0 Å². The van der Waals surface area contributed by atoms with Gasteiger partial charge in [0.1, 0.15) is 5.75 Å². The van der Waals surface area contributed by atoms with Crippen LogP contribution in [0.25, 0.3) is 0 Å². The average molecular weight is 365 g/mol. The fourth-order valence-electron chi connectivity index (χ4n) is 3.05. The van der Waals surface area contributed by atoms with Crippen LogP contribution >= 0.6 is 11.6 Å². The molecule has 3 rings (SSSR count). The first-order valence-electron chi connectivity index (χ1n) is 8.62. The van der Waals surface area contributed by atoms with Crippen LogP contribution in [-0.4, -0.2) is 12.9 Å². The summed E-state index contributed by atoms with van der Waals surface area (Å²) >= 11 is 5.99. The normalized spacial score (nSPS) is 11.8. The van der Waals surface area contributed by atoms with Crippen LogP contribution < -0.4 is 4.74 Å². The lowest BCUT2D eigenvalue weighted by Gasteiger charge is -2.17. The van der Waals surface area contributed by atoms with Crippen LogP contribution in [0.2, 0.25) is 5.02 Å². The summed E-state index contributed by atoms with van der Waals surface area (Å²) in [5, 5.41) is 0.704. The molecule has 0 saturated carbocycles. The van der Waals surface area contributed by atoms with Crippen LogP contribution in [0.5, 0.6) is 5.75 Å². The van der Waals surface area contributed by atoms with Gasteiger partial charge in [-0.25, -0.2) is 0 Å². The van der Waals surface area contributed by atoms with Gasteiger partial charge >= 0.3 is 0 Å². The molecule has 26 heavy (non-hydrogen) atoms. The van der Waals surface area contributed by atoms with Crippen molar-refractivity contribution in [3.05, 3.63) is 101 Å². The number of hydrogen-bond donors (Lipinski definition) is 0. The van der Waals surface area contributed by atoms with Crippen LogP contribution in [0.1, 0.15) is 21.5 Å². The monoisotopic (exact) mass is 364 g/mol. The zero-order valence-corrected chi connectivity index (χ0v) is 15.4. The SMILES string of the molecule is COc1ccc(C(=O)C(Cc2ccccc2)Cc2ccc(Cl)cc2)cc1. The van der Waals surface area contributed by atoms with Gasteiger partial charge in [-0.1, -0.05) is 54.1 Å². The van der Waals surface area contributed by atoms with E-state index in [-0.39, 0.29) is 11.7 Å². The number of Topliss-reactive ketones (excluding diaryl/α,β-unsaturated/α-hetero) is 1. The number of hydrogen-bond acceptors (Lipinski definition) is 2. The van der Waals surface area contributed by atoms with E-state index in [0.717, 1.165) is 16.9 Å². The summed E-state index contributed by atoms with van der Waals surface area (Å²) in [6.07, 6.45) is 1.38. The van der Waals surface area contributed by atoms with Crippen molar-refractivity contribution in [3.63, 3.8) is 0 Å². The first-order valence-corrected chi connectivity index (χ1v) is 9.00. The fourth-order valence-corrected chi connectivity index (χ4v) is 3.18. The molecule has 0 fully saturated rings. The molecule has 1 atom stereocenters. The molecule has 0 aliphatic rings. The minimum absolute atomic E-state index is 0.132. The second-order valence-corrected chi connectivity index (χ2v) is 6.75. The van der Waals surface area contributed by atoms with Gasteiger partial charge in [0.05, 0.1) is 7.11 Å². The highest BCUT2D eigenvalue weighted by molar-refractivity contribution is 6.30. The number of ether oxygens (including phenoxy) is 1. The molecule has 1 unspecified atom stereocenters. The van der Waals surface area contributed by atoms with Crippen molar-refractivity contribution >= 4 is 17.4 Å². The molecule has 3 aromatic rings. The minimum atomic E-state index is -0.132. The van der Waals surface area contributed by atoms with E-state index in [1.165, 1.54) is 0 Å². The Kier molecular flexibility index (Phi) is 6.08. The molecule has 0 N–H and O–H groups in total. The van der Waals surface area contributed by atoms with Gasteiger partial charge in [0.25, 0.3) is 0 Å². The van der Waals surface area contributed by atoms with E-state index in [0.29, 0.717) is 23.4 Å². The van der Waals surface area contributed by atoms with E-state index in [2.05, 4.69) is 12.1 Å². The van der Waals surface area contributed by atoms with E-state index < -0.39 is 0 Å². The maximum Gasteiger partial charge on any atom is 0.166 e. The largest absolute Gasteiger partial charge is 0.497 e. The zero-order chi connectivity index (χ0) is 18.4. The third-order valence-electron chi connectivity index (χ3n) is 4.47. The quantitative estimate of drug-likeness (QED) is 0.507. The van der Waals surface area contributed by atoms with Crippen molar-refractivity contribution in [2.24, 2.45) is 5.92 Å². The topological polar surface area (TPSA) is 26.3 Å². The predicted molar refractivity (Wildman–Crippen MR) is 106 cm³/mol. The van der Waals surface area contributed by atoms with Crippen molar-refractivity contribution in [1.29, 1.82) is 0 Å². The number of benzene rings is 3. The first-order chi connectivity index (χ1) is 12.7. The van der Waals surface area contributed by atoms with Gasteiger partial charge in [-0.3, -0.25) is 4.79 Å². The first kappa shape index (κ1) is 18.2. The summed E-state index contributed by atoms with van der Waals surface area (Å²) in [4.78, 5) is 13.2. The second kappa shape index (κ2) is 8.68. The molecule has 0 radical (unpaired) electrons. The predicted octanol–water partition coefficient (Wildman–Crippen LogP) is 5.63. The average Bonchev–Trinajstić information content (AvgIpc) is 2.69. The lowest BCUT2D eigenvalue weighted by molar-refractivity contribution is 0.0918. The molecular formula is C23H21ClO2. The Labute approximate surface area is 159 Å². The third-order valence-corrected chi connectivity index (χ3v) is 4.72. The maximum absolute atomic E-state index is 13.2. The van der Waals surface area contributed by atoms with Gasteiger partial charge in [-0.15, -0.1) is 0 Å². The summed E-state index contributed by atoms with van der Waals surface area (Å²) in [7, 11) is 1.62. The van der Waals surface area contributed by atoms with Crippen LogP contribution in [0, 0.1) is 5.92 Å². The van der Waals surface area contributed by atoms with Gasteiger partial charge < -0.3 is 4.74 Å². The van der Waals surface area contributed by atoms with Crippen molar-refractivity contribution < 1.29 is 9.53 Å². The molecule has 0 saturated heterocycles. The molecule has 0 amide bonds. The Bertz CT molecular complexity index is 840. The van der Waals surface area contributed by atoms with E-state index in [4.69, 9.17) is 16.3 Å². The summed E-state index contributed by atoms with van der Waals surface area (Å²) in [6.45, 7) is 0. The van der Waals surface area contributed by atoms with Gasteiger partial charge in [0.2, 0.25) is 0 Å². The summed E-state index contributed by atoms with van der Waals surface area (Å²) in [5.41, 5.74) is 2.98. The molecule has 0 aliphatic carbocycles. The van der Waals surface area contributed by atoms with E-state index in [1.54, 1.807) is 7.11 Å². The molecule has 0 aliphatic heterocycles. The highest BCUT2D eigenvalue weighted by Gasteiger charge is 2.21. The van der Waals surface area contributed by atoms with Crippen molar-refractivity contribution in [2.75, 3.05) is 7.11 Å². The Hall–Kier alpha value is -2.58. The van der Waals surface area contributed by atoms with Crippen molar-refractivity contribution in [3.8, 4) is 5.75 Å². The number of carbonyl (C=O) groups is 1. The van der Waals surface area contributed by atoms with Crippen LogP contribution in [0.15, 0.2) is 78.9 Å². The van der Waals surface area contributed by atoms with Gasteiger partial charge in [0, 0.05) is 16.5 Å². The maximum atomic E-state index is 13.2. The number of methoxy groups -OCH3 is 1. The second-order valence-electron chi connectivity index (χ2n) is 6.31. The summed E-state index contributed by atoms with van der Waals surface area (Å²) < 4.78 is 5.19. The van der Waals surface area contributed by atoms with Gasteiger partial charge in [-0.05, 0) is 60.4 Å². The standard InChI is InChI=1S/C23H21ClO2/c1-26-22-13-9-19(10-14-22)23(25)20(15-17-5-3-2-4-6-17)16-18-7-11-21(24)12-8-18/h2-14,20H,15-16H2,1H3. The van der Waals surface area contributed by atoms with Crippen LogP contribution in [0.3, 0.4) is 0 Å². The number of ketones is 1. The molecule has 2 nitrogen and oxygen atoms in total. The molecule has 3 heteroatoms. The zero-order valence-electron chi connectivity index (χ0n) is 14.7. The number of rotatable bonds is 7. The Morgan fingerprint density at radius 1 is 0.846 bits per heavy atom. The van der Waals surface area contributed by atoms with Crippen molar-refractivity contribution in [1.82, 2.24) is 0 Å². The Morgan fingerprint density at radius 2 is 1.42 bits per heavy atom. The minimum Gasteiger partial charge on any atom is -0.497 e. The Morgan fingerprint density at radius 3 is 2.00 bits per heavy atom. The molecule has 0 heterocycles. The highest BCUT2D eigenvalue weighted by Crippen LogP contribution is 2.22. The van der Waals surface area contributed by atoms with E-state index >= 15 is 0 Å². The number of halogens is 1. The molecular weight excluding hydrogens is 344 g/mol. The number of carbonyl (C=O) groups excluding carboxylic acids is 1. The molecule has 0 spiro atoms. The molecule has 0 bridgehead atoms. The van der Waals surface area contributed by atoms with Crippen molar-refractivity contribution in [2.45, 2.75) is 12.8 Å². The molecule has 3 aromatic carbocycles. The highest BCUT2D eigenvalue weighted by atomic mass is 35.5. The third kappa shape index (κ3) is 4.74. The van der Waals surface area contributed by atoms with Gasteiger partial charge in [0.15, 0.2) is 5.78 Å². The van der Waals surface area contributed by atoms with E-state index in [9.17, 15) is 4.79 Å². The van der Waals surface area contributed by atoms with E-state index in [1.807, 2.05) is 66.7 Å². The summed E-state index contributed by atoms with van der Waals surface area (Å²) in [5.74, 6) is 0.761. The molecule has 132 valence electrons. The summed E-state index contributed by atoms with van der Waals surface area (Å²) in [6, 6.07) is 25.2. The van der Waals surface area contributed by atoms with Crippen LogP contribution in [-0.2, 0) is 12.8 Å². The lowest BCUT2D eigenvalue weighted by Crippen LogP contribution is -2.20. The lowest BCUT2D eigenvalue weighted by atomic mass is 9.86. The fraction of sp³-hybridized carbons (Fsp3) is 0.174. The molecule has 0 aromatic heterocycles. The smallest absolute Gasteiger partial charge is 0.166 e. The Balaban J connectivity index is 1.85. The van der Waals surface area contributed by atoms with Gasteiger partial charge in [-0.2, -0.15) is 0 Å².